The molecule has 0 saturated carbocycles. The maximum atomic E-state index is 12.5. The number of aliphatic hydroxyl groups is 2. The second kappa shape index (κ2) is 25.4. The molecule has 1 aromatic heterocycles. The number of hydrogen-bond donors (Lipinski definition) is 7. The molecule has 280 valence electrons. The molecule has 7 N–H and O–H groups in total. The molecule has 1 aromatic rings. The highest BCUT2D eigenvalue weighted by molar-refractivity contribution is 8.76. The molecule has 0 spiro atoms. The summed E-state index contributed by atoms with van der Waals surface area (Å²) < 4.78 is 24.4. The fourth-order valence-electron chi connectivity index (χ4n) is 3.67. The SMILES string of the molecule is [3H]C.[3H]OCC(NC(=O)CC[Si](C)(C)OCCO[Si](C)(C)CCC(=O)NC(CO)C(=O)NOCCNC(=O)CCSSc1ccccn1)C(=O)O. The molecule has 49 heavy (non-hydrogen) atoms. The van der Waals surface area contributed by atoms with Gasteiger partial charge in [-0.25, -0.2) is 15.3 Å². The first-order chi connectivity index (χ1) is 24.2. The molecule has 0 bridgehead atoms. The number of rotatable bonds is 27. The molecule has 16 nitrogen and oxygen atoms in total. The predicted molar refractivity (Wildman–Crippen MR) is 192 cm³/mol. The first-order valence-electron chi connectivity index (χ1n) is 16.8. The van der Waals surface area contributed by atoms with Gasteiger partial charge in [-0.05, 0) is 61.2 Å². The van der Waals surface area contributed by atoms with Crippen molar-refractivity contribution in [2.75, 3.05) is 45.3 Å². The molecule has 2 unspecified atom stereocenters. The minimum Gasteiger partial charge on any atom is -0.480 e. The average molecular weight is 772 g/mol. The molecule has 0 aliphatic heterocycles. The van der Waals surface area contributed by atoms with Gasteiger partial charge in [0.25, 0.3) is 5.91 Å². The lowest BCUT2D eigenvalue weighted by molar-refractivity contribution is -0.142. The molecule has 0 saturated heterocycles. The number of aliphatic hydroxyl groups excluding tert-OH is 2. The zero-order valence-electron chi connectivity index (χ0n) is 30.8. The Balaban J connectivity index is 0.0000123. The van der Waals surface area contributed by atoms with Crippen LogP contribution in [0.2, 0.25) is 38.3 Å². The van der Waals surface area contributed by atoms with Gasteiger partial charge in [0.1, 0.15) is 17.1 Å². The molecule has 20 heteroatoms. The van der Waals surface area contributed by atoms with E-state index in [0.29, 0.717) is 24.3 Å². The summed E-state index contributed by atoms with van der Waals surface area (Å²) in [6, 6.07) is 3.99. The molecule has 1 rings (SSSR count). The number of hydroxylamine groups is 1. The van der Waals surface area contributed by atoms with Crippen molar-refractivity contribution in [3.63, 3.8) is 0 Å². The van der Waals surface area contributed by atoms with Crippen molar-refractivity contribution in [3.8, 4) is 0 Å². The summed E-state index contributed by atoms with van der Waals surface area (Å²) in [5.74, 6) is -2.49. The Bertz CT molecular complexity index is 1180. The molecule has 0 aromatic carbocycles. The topological polar surface area (TPSA) is 235 Å². The van der Waals surface area contributed by atoms with Gasteiger partial charge in [0.05, 0.1) is 33.0 Å². The molecule has 2 atom stereocenters. The first-order valence-corrected chi connectivity index (χ1v) is 23.9. The number of nitrogens with one attached hydrogen (secondary N) is 4. The largest absolute Gasteiger partial charge is 0.480 e. The van der Waals surface area contributed by atoms with E-state index in [0.717, 1.165) is 5.03 Å². The molecule has 0 fully saturated rings. The summed E-state index contributed by atoms with van der Waals surface area (Å²) in [6.07, 6.45) is 2.16. The fourth-order valence-corrected chi connectivity index (χ4v) is 8.75. The highest BCUT2D eigenvalue weighted by Gasteiger charge is 2.28. The minimum atomic E-state index is -2.29. The summed E-state index contributed by atoms with van der Waals surface area (Å²) in [7, 11) is -0.299. The van der Waals surface area contributed by atoms with E-state index in [9.17, 15) is 29.1 Å². The number of carboxylic acids is 1. The number of amides is 4. The summed E-state index contributed by atoms with van der Waals surface area (Å²) in [5, 5.41) is 31.1. The van der Waals surface area contributed by atoms with E-state index in [1.165, 1.54) is 29.0 Å². The van der Waals surface area contributed by atoms with Crippen LogP contribution in [0, 0.1) is 0 Å². The van der Waals surface area contributed by atoms with Gasteiger partial charge in [0.2, 0.25) is 19.2 Å². The van der Waals surface area contributed by atoms with Crippen LogP contribution in [0.1, 0.15) is 28.0 Å². The van der Waals surface area contributed by atoms with Crippen LogP contribution in [-0.2, 0) is 37.7 Å². The third-order valence-electron chi connectivity index (χ3n) is 6.51. The lowest BCUT2D eigenvalue weighted by Gasteiger charge is -2.26. The van der Waals surface area contributed by atoms with E-state index < -0.39 is 65.6 Å². The lowest BCUT2D eigenvalue weighted by Crippen LogP contribution is -2.49. The molecule has 1 heterocycles. The molecule has 0 aliphatic carbocycles. The van der Waals surface area contributed by atoms with Crippen LogP contribution in [0.5, 0.6) is 0 Å². The molecular weight excluding hydrogens is 715 g/mol. The van der Waals surface area contributed by atoms with Crippen LogP contribution in [0.3, 0.4) is 0 Å². The van der Waals surface area contributed by atoms with Gasteiger partial charge in [0.15, 0.2) is 16.6 Å². The number of carbonyl (C=O) groups is 5. The number of carboxylic acid groups (broad SMARTS) is 1. The number of pyridine rings is 1. The standard InChI is InChI=1S/C28H49N5O11S2Si2.CH4/c1-47(2,43-14-15-44-48(3,4)18-10-25(38)32-22(20-35)28(40)41)17-9-24(37)31-21(19-34)27(39)33-42-13-12-29-23(36)8-16-45-46-26-7-5-6-11-30-26;/h5-7,11,21-22,34-35H,8-10,12-20H2,1-4H3,(H,29,36)(H,31,37)(H,32,38)(H,33,39)(H,40,41);1H4/i35T;1T. The van der Waals surface area contributed by atoms with Gasteiger partial charge in [-0.15, -0.1) is 0 Å². The Morgan fingerprint density at radius 3 is 2.06 bits per heavy atom. The van der Waals surface area contributed by atoms with Crippen molar-refractivity contribution >= 4 is 67.8 Å². The van der Waals surface area contributed by atoms with Gasteiger partial charge in [-0.2, -0.15) is 0 Å². The molecular formula is C29H53N5O11S2Si2. The van der Waals surface area contributed by atoms with Gasteiger partial charge in [-0.1, -0.05) is 24.3 Å². The highest BCUT2D eigenvalue weighted by atomic mass is 33.1. The van der Waals surface area contributed by atoms with Crippen LogP contribution < -0.4 is 21.4 Å². The minimum absolute atomic E-state index is 0.00831. The molecule has 4 amide bonds. The third-order valence-corrected chi connectivity index (χ3v) is 13.7. The maximum absolute atomic E-state index is 12.5. The number of hydrogen-bond acceptors (Lipinski definition) is 13. The second-order valence-electron chi connectivity index (χ2n) is 11.6. The quantitative estimate of drug-likeness (QED) is 0.0289. The first kappa shape index (κ1) is 42.6. The van der Waals surface area contributed by atoms with Crippen molar-refractivity contribution in [1.29, 1.82) is 1.43 Å². The Labute approximate surface area is 301 Å². The van der Waals surface area contributed by atoms with Crippen LogP contribution in [-0.4, -0.2) is 125 Å². The lowest BCUT2D eigenvalue weighted by atomic mass is 10.3. The van der Waals surface area contributed by atoms with Gasteiger partial charge < -0.3 is 40.1 Å². The number of aliphatic carboxylic acids is 1. The van der Waals surface area contributed by atoms with Crippen LogP contribution in [0.4, 0.5) is 0 Å². The number of aromatic nitrogens is 1. The van der Waals surface area contributed by atoms with Crippen LogP contribution in [0.15, 0.2) is 29.4 Å². The zero-order valence-corrected chi connectivity index (χ0v) is 32.4. The van der Waals surface area contributed by atoms with Crippen molar-refractivity contribution in [3.05, 3.63) is 24.4 Å². The summed E-state index contributed by atoms with van der Waals surface area (Å²) in [6.45, 7) is 7.37. The van der Waals surface area contributed by atoms with Gasteiger partial charge >= 0.3 is 5.97 Å². The van der Waals surface area contributed by atoms with Crippen molar-refractivity contribution in [2.24, 2.45) is 0 Å². The maximum Gasteiger partial charge on any atom is 0.328 e. The van der Waals surface area contributed by atoms with Crippen LogP contribution in [0.25, 0.3) is 0 Å². The summed E-state index contributed by atoms with van der Waals surface area (Å²) in [4.78, 5) is 69.3. The average Bonchev–Trinajstić information content (AvgIpc) is 3.10. The molecule has 0 aliphatic rings. The predicted octanol–water partition coefficient (Wildman–Crippen LogP) is 1.27. The Hall–Kier alpha value is -2.57. The highest BCUT2D eigenvalue weighted by Crippen LogP contribution is 2.29. The van der Waals surface area contributed by atoms with E-state index in [1.807, 2.05) is 44.4 Å². The monoisotopic (exact) mass is 771 g/mol. The number of carbonyl (C=O) groups excluding carboxylic acids is 4. The third kappa shape index (κ3) is 22.7. The van der Waals surface area contributed by atoms with E-state index in [-0.39, 0.29) is 45.1 Å². The Kier molecular flexibility index (Phi) is 22.1. The number of nitrogens with zero attached hydrogens (tertiary/aromatic N) is 1. The molecule has 0 radical (unpaired) electrons. The van der Waals surface area contributed by atoms with E-state index in [1.54, 1.807) is 6.20 Å². The Morgan fingerprint density at radius 1 is 0.918 bits per heavy atom. The zero-order chi connectivity index (χ0) is 38.7. The van der Waals surface area contributed by atoms with Crippen molar-refractivity contribution in [1.82, 2.24) is 26.4 Å². The normalized spacial score (nSPS) is 13.0. The van der Waals surface area contributed by atoms with Crippen LogP contribution >= 0.6 is 21.6 Å². The van der Waals surface area contributed by atoms with Crippen molar-refractivity contribution in [2.45, 2.75) is 82.1 Å². The fraction of sp³-hybridized carbons (Fsp3) is 0.655. The Morgan fingerprint density at radius 2 is 1.53 bits per heavy atom. The second-order valence-corrected chi connectivity index (χ2v) is 22.7. The summed E-state index contributed by atoms with van der Waals surface area (Å²) in [5.41, 5.74) is 2.17. The van der Waals surface area contributed by atoms with E-state index in [4.69, 9.17) is 21.6 Å². The smallest absolute Gasteiger partial charge is 0.328 e. The summed E-state index contributed by atoms with van der Waals surface area (Å²) >= 11 is 0. The van der Waals surface area contributed by atoms with E-state index in [2.05, 4.69) is 31.5 Å². The van der Waals surface area contributed by atoms with E-state index >= 15 is 0 Å². The van der Waals surface area contributed by atoms with Gasteiger partial charge in [0, 0.05) is 39.1 Å². The van der Waals surface area contributed by atoms with Gasteiger partial charge in [-0.3, -0.25) is 24.0 Å². The van der Waals surface area contributed by atoms with Crippen molar-refractivity contribution < 1.29 is 54.4 Å².